The number of benzene rings is 2. The molecule has 1 aliphatic rings. The van der Waals surface area contributed by atoms with Crippen LogP contribution in [0.3, 0.4) is 0 Å². The third-order valence-electron chi connectivity index (χ3n) is 3.83. The summed E-state index contributed by atoms with van der Waals surface area (Å²) in [5, 5.41) is 16.0. The van der Waals surface area contributed by atoms with Crippen LogP contribution in [0.25, 0.3) is 0 Å². The minimum absolute atomic E-state index is 0.0517. The van der Waals surface area contributed by atoms with Gasteiger partial charge in [0.05, 0.1) is 6.04 Å². The number of phenolic OH excluding ortho intramolecular Hbond substituents is 1. The Bertz CT molecular complexity index is 682. The van der Waals surface area contributed by atoms with Gasteiger partial charge in [-0.15, -0.1) is 0 Å². The van der Waals surface area contributed by atoms with Crippen molar-refractivity contribution in [2.24, 2.45) is 0 Å². The molecule has 0 bridgehead atoms. The molecule has 3 rings (SSSR count). The maximum absolute atomic E-state index is 12.2. The van der Waals surface area contributed by atoms with Crippen LogP contribution in [0, 0.1) is 6.92 Å². The molecular formula is C17H18N2O2. The number of para-hydroxylation sites is 1. The molecule has 0 saturated heterocycles. The number of anilines is 1. The van der Waals surface area contributed by atoms with Gasteiger partial charge in [-0.05, 0) is 42.7 Å². The number of rotatable bonds is 2. The molecule has 0 spiro atoms. The van der Waals surface area contributed by atoms with Crippen LogP contribution in [0.4, 0.5) is 5.69 Å². The summed E-state index contributed by atoms with van der Waals surface area (Å²) in [5.41, 5.74) is 3.59. The molecule has 1 heterocycles. The topological polar surface area (TPSA) is 61.4 Å². The Balaban J connectivity index is 1.70. The predicted octanol–water partition coefficient (Wildman–Crippen LogP) is 2.47. The van der Waals surface area contributed by atoms with Crippen molar-refractivity contribution in [3.05, 3.63) is 59.2 Å². The highest BCUT2D eigenvalue weighted by molar-refractivity contribution is 5.95. The van der Waals surface area contributed by atoms with Gasteiger partial charge >= 0.3 is 0 Å². The Morgan fingerprint density at radius 1 is 1.29 bits per heavy atom. The molecule has 1 unspecified atom stereocenters. The minimum Gasteiger partial charge on any atom is -0.508 e. The lowest BCUT2D eigenvalue weighted by molar-refractivity contribution is 0.0938. The van der Waals surface area contributed by atoms with Crippen LogP contribution in [0.1, 0.15) is 21.5 Å². The molecular weight excluding hydrogens is 264 g/mol. The molecule has 3 N–H and O–H groups in total. The molecule has 0 aromatic heterocycles. The summed E-state index contributed by atoms with van der Waals surface area (Å²) in [6.07, 6.45) is 0.812. The number of aromatic hydroxyl groups is 1. The maximum Gasteiger partial charge on any atom is 0.251 e. The standard InChI is InChI=1S/C17H18N2O2/c1-11-6-7-13(9-16(11)20)17(21)19-14-8-12-4-2-3-5-15(12)18-10-14/h2-7,9,14,18,20H,8,10H2,1H3,(H,19,21). The number of hydrogen-bond acceptors (Lipinski definition) is 3. The molecule has 2 aromatic carbocycles. The number of aryl methyl sites for hydroxylation is 1. The fourth-order valence-electron chi connectivity index (χ4n) is 2.56. The first-order valence-electron chi connectivity index (χ1n) is 7.06. The van der Waals surface area contributed by atoms with Crippen molar-refractivity contribution < 1.29 is 9.90 Å². The van der Waals surface area contributed by atoms with Gasteiger partial charge in [0, 0.05) is 17.8 Å². The van der Waals surface area contributed by atoms with E-state index in [-0.39, 0.29) is 17.7 Å². The molecule has 21 heavy (non-hydrogen) atoms. The first kappa shape index (κ1) is 13.5. The number of carbonyl (C=O) groups is 1. The van der Waals surface area contributed by atoms with E-state index < -0.39 is 0 Å². The van der Waals surface area contributed by atoms with Crippen LogP contribution in [0.2, 0.25) is 0 Å². The summed E-state index contributed by atoms with van der Waals surface area (Å²) in [6, 6.07) is 13.2. The lowest BCUT2D eigenvalue weighted by Crippen LogP contribution is -2.43. The number of amides is 1. The first-order valence-corrected chi connectivity index (χ1v) is 7.06. The normalized spacial score (nSPS) is 16.7. The average molecular weight is 282 g/mol. The maximum atomic E-state index is 12.2. The molecule has 4 nitrogen and oxygen atoms in total. The van der Waals surface area contributed by atoms with Gasteiger partial charge in [-0.2, -0.15) is 0 Å². The van der Waals surface area contributed by atoms with E-state index in [0.717, 1.165) is 17.7 Å². The van der Waals surface area contributed by atoms with Crippen LogP contribution < -0.4 is 10.6 Å². The second kappa shape index (κ2) is 5.48. The van der Waals surface area contributed by atoms with E-state index in [9.17, 15) is 9.90 Å². The van der Waals surface area contributed by atoms with Crippen molar-refractivity contribution >= 4 is 11.6 Å². The number of carbonyl (C=O) groups excluding carboxylic acids is 1. The lowest BCUT2D eigenvalue weighted by atomic mass is 9.99. The number of phenols is 1. The highest BCUT2D eigenvalue weighted by Crippen LogP contribution is 2.22. The van der Waals surface area contributed by atoms with Gasteiger partial charge in [0.1, 0.15) is 5.75 Å². The van der Waals surface area contributed by atoms with Crippen molar-refractivity contribution in [3.8, 4) is 5.75 Å². The summed E-state index contributed by atoms with van der Waals surface area (Å²) in [4.78, 5) is 12.2. The summed E-state index contributed by atoms with van der Waals surface area (Å²) >= 11 is 0. The van der Waals surface area contributed by atoms with Gasteiger partial charge in [-0.25, -0.2) is 0 Å². The molecule has 1 aliphatic heterocycles. The van der Waals surface area contributed by atoms with Gasteiger partial charge < -0.3 is 15.7 Å². The molecule has 0 aliphatic carbocycles. The van der Waals surface area contributed by atoms with E-state index in [1.165, 1.54) is 11.6 Å². The van der Waals surface area contributed by atoms with E-state index >= 15 is 0 Å². The SMILES string of the molecule is Cc1ccc(C(=O)NC2CNc3ccccc3C2)cc1O. The van der Waals surface area contributed by atoms with Gasteiger partial charge in [0.2, 0.25) is 0 Å². The Hall–Kier alpha value is -2.49. The van der Waals surface area contributed by atoms with Crippen molar-refractivity contribution in [2.75, 3.05) is 11.9 Å². The highest BCUT2D eigenvalue weighted by atomic mass is 16.3. The second-order valence-electron chi connectivity index (χ2n) is 5.41. The first-order chi connectivity index (χ1) is 10.1. The molecule has 0 saturated carbocycles. The monoisotopic (exact) mass is 282 g/mol. The Morgan fingerprint density at radius 3 is 2.90 bits per heavy atom. The van der Waals surface area contributed by atoms with Crippen molar-refractivity contribution in [1.82, 2.24) is 5.32 Å². The number of nitrogens with one attached hydrogen (secondary N) is 2. The van der Waals surface area contributed by atoms with Crippen molar-refractivity contribution in [1.29, 1.82) is 0 Å². The molecule has 1 amide bonds. The van der Waals surface area contributed by atoms with Crippen LogP contribution in [-0.2, 0) is 6.42 Å². The van der Waals surface area contributed by atoms with E-state index in [2.05, 4.69) is 16.7 Å². The molecule has 0 fully saturated rings. The van der Waals surface area contributed by atoms with Gasteiger partial charge in [-0.1, -0.05) is 24.3 Å². The number of fused-ring (bicyclic) bond motifs is 1. The average Bonchev–Trinajstić information content (AvgIpc) is 2.50. The lowest BCUT2D eigenvalue weighted by Gasteiger charge is -2.27. The van der Waals surface area contributed by atoms with Crippen molar-refractivity contribution in [3.63, 3.8) is 0 Å². The summed E-state index contributed by atoms with van der Waals surface area (Å²) in [6.45, 7) is 2.51. The third-order valence-corrected chi connectivity index (χ3v) is 3.83. The zero-order chi connectivity index (χ0) is 14.8. The quantitative estimate of drug-likeness (QED) is 0.793. The van der Waals surface area contributed by atoms with Crippen LogP contribution in [-0.4, -0.2) is 23.6 Å². The van der Waals surface area contributed by atoms with Crippen molar-refractivity contribution in [2.45, 2.75) is 19.4 Å². The van der Waals surface area contributed by atoms with Gasteiger partial charge in [0.15, 0.2) is 0 Å². The minimum atomic E-state index is -0.156. The van der Waals surface area contributed by atoms with Crippen LogP contribution >= 0.6 is 0 Å². The van der Waals surface area contributed by atoms with E-state index in [1.807, 2.05) is 18.2 Å². The largest absolute Gasteiger partial charge is 0.508 e. The Kier molecular flexibility index (Phi) is 3.52. The van der Waals surface area contributed by atoms with Gasteiger partial charge in [-0.3, -0.25) is 4.79 Å². The van der Waals surface area contributed by atoms with Gasteiger partial charge in [0.25, 0.3) is 5.91 Å². The number of hydrogen-bond donors (Lipinski definition) is 3. The molecule has 0 radical (unpaired) electrons. The Morgan fingerprint density at radius 2 is 2.10 bits per heavy atom. The Labute approximate surface area is 123 Å². The van der Waals surface area contributed by atoms with Crippen LogP contribution in [0.15, 0.2) is 42.5 Å². The van der Waals surface area contributed by atoms with E-state index in [1.54, 1.807) is 19.1 Å². The summed E-state index contributed by atoms with van der Waals surface area (Å²) in [7, 11) is 0. The highest BCUT2D eigenvalue weighted by Gasteiger charge is 2.20. The summed E-state index contributed by atoms with van der Waals surface area (Å²) < 4.78 is 0. The van der Waals surface area contributed by atoms with E-state index in [0.29, 0.717) is 12.1 Å². The smallest absolute Gasteiger partial charge is 0.251 e. The van der Waals surface area contributed by atoms with E-state index in [4.69, 9.17) is 0 Å². The molecule has 1 atom stereocenters. The molecule has 2 aromatic rings. The predicted molar refractivity (Wildman–Crippen MR) is 82.7 cm³/mol. The fourth-order valence-corrected chi connectivity index (χ4v) is 2.56. The zero-order valence-electron chi connectivity index (χ0n) is 11.9. The molecule has 108 valence electrons. The zero-order valence-corrected chi connectivity index (χ0v) is 11.9. The molecule has 4 heteroatoms. The second-order valence-corrected chi connectivity index (χ2v) is 5.41. The summed E-state index contributed by atoms with van der Waals surface area (Å²) in [5.74, 6) is -0.00811. The van der Waals surface area contributed by atoms with Crippen LogP contribution in [0.5, 0.6) is 5.75 Å². The third kappa shape index (κ3) is 2.84. The fraction of sp³-hybridized carbons (Fsp3) is 0.235.